The van der Waals surface area contributed by atoms with E-state index in [0.717, 1.165) is 21.3 Å². The van der Waals surface area contributed by atoms with Crippen molar-refractivity contribution in [1.29, 1.82) is 0 Å². The molecule has 170 valence electrons. The highest BCUT2D eigenvalue weighted by Crippen LogP contribution is 2.45. The van der Waals surface area contributed by atoms with Crippen molar-refractivity contribution >= 4 is 51.6 Å². The molecule has 8 heteroatoms. The fraction of sp³-hybridized carbons (Fsp3) is 0.200. The maximum atomic E-state index is 12.0. The van der Waals surface area contributed by atoms with Crippen molar-refractivity contribution in [1.82, 2.24) is 5.43 Å². The van der Waals surface area contributed by atoms with Crippen LogP contribution in [0.15, 0.2) is 82.4 Å². The minimum Gasteiger partial charge on any atom is -0.488 e. The molecule has 1 fully saturated rings. The van der Waals surface area contributed by atoms with Gasteiger partial charge in [-0.2, -0.15) is 5.10 Å². The summed E-state index contributed by atoms with van der Waals surface area (Å²) < 4.78 is 12.7. The number of carbonyl (C=O) groups excluding carboxylic acids is 1. The Morgan fingerprint density at radius 1 is 1.03 bits per heavy atom. The van der Waals surface area contributed by atoms with E-state index < -0.39 is 0 Å². The van der Waals surface area contributed by atoms with E-state index in [2.05, 4.69) is 38.6 Å². The van der Waals surface area contributed by atoms with Crippen LogP contribution in [0.3, 0.4) is 0 Å². The Kier molecular flexibility index (Phi) is 8.74. The van der Waals surface area contributed by atoms with Crippen molar-refractivity contribution in [2.45, 2.75) is 11.2 Å². The van der Waals surface area contributed by atoms with E-state index in [1.165, 1.54) is 17.1 Å². The first-order chi connectivity index (χ1) is 16.2. The van der Waals surface area contributed by atoms with Crippen LogP contribution in [0.1, 0.15) is 21.3 Å². The lowest BCUT2D eigenvalue weighted by Crippen LogP contribution is -2.24. The van der Waals surface area contributed by atoms with Crippen LogP contribution in [0.4, 0.5) is 0 Å². The highest BCUT2D eigenvalue weighted by molar-refractivity contribution is 9.10. The lowest BCUT2D eigenvalue weighted by Gasteiger charge is -2.10. The number of halogens is 1. The lowest BCUT2D eigenvalue weighted by atomic mass is 10.2. The number of nitrogens with one attached hydrogen (secondary N) is 1. The zero-order chi connectivity index (χ0) is 22.9. The third-order valence-corrected chi connectivity index (χ3v) is 8.46. The minimum atomic E-state index is -0.320. The molecule has 0 atom stereocenters. The second kappa shape index (κ2) is 12.2. The van der Waals surface area contributed by atoms with Crippen LogP contribution < -0.4 is 14.9 Å². The van der Waals surface area contributed by atoms with Crippen molar-refractivity contribution in [3.8, 4) is 11.5 Å². The molecular formula is C25H23BrN2O3S2. The molecule has 5 nitrogen and oxygen atoms in total. The zero-order valence-electron chi connectivity index (χ0n) is 17.8. The number of benzene rings is 3. The Labute approximate surface area is 210 Å². The van der Waals surface area contributed by atoms with Crippen molar-refractivity contribution < 1.29 is 14.3 Å². The molecule has 33 heavy (non-hydrogen) atoms. The minimum absolute atomic E-state index is 0.0976. The molecule has 0 spiro atoms. The molecular weight excluding hydrogens is 520 g/mol. The Balaban J connectivity index is 1.21. The largest absolute Gasteiger partial charge is 0.488 e. The molecule has 0 unspecified atom stereocenters. The Morgan fingerprint density at radius 2 is 1.79 bits per heavy atom. The summed E-state index contributed by atoms with van der Waals surface area (Å²) in [5, 5.41) is 4.01. The zero-order valence-corrected chi connectivity index (χ0v) is 21.0. The van der Waals surface area contributed by atoms with Crippen molar-refractivity contribution in [2.24, 2.45) is 5.10 Å². The topological polar surface area (TPSA) is 59.9 Å². The van der Waals surface area contributed by atoms with Gasteiger partial charge in [-0.05, 0) is 63.0 Å². The first-order valence-electron chi connectivity index (χ1n) is 10.4. The van der Waals surface area contributed by atoms with Gasteiger partial charge in [-0.15, -0.1) is 23.5 Å². The number of rotatable bonds is 9. The van der Waals surface area contributed by atoms with Gasteiger partial charge in [0.1, 0.15) is 18.1 Å². The third kappa shape index (κ3) is 7.28. The lowest BCUT2D eigenvalue weighted by molar-refractivity contribution is -0.123. The molecule has 1 amide bonds. The van der Waals surface area contributed by atoms with Gasteiger partial charge in [-0.3, -0.25) is 4.79 Å². The number of carbonyl (C=O) groups is 1. The van der Waals surface area contributed by atoms with E-state index in [-0.39, 0.29) is 12.5 Å². The number of nitrogens with zero attached hydrogens (tertiary/aromatic N) is 1. The second-order valence-electron chi connectivity index (χ2n) is 7.19. The number of thioether (sulfide) groups is 2. The van der Waals surface area contributed by atoms with E-state index in [0.29, 0.717) is 16.9 Å². The molecule has 0 saturated carbocycles. The first kappa shape index (κ1) is 23.7. The highest BCUT2D eigenvalue weighted by atomic mass is 79.9. The van der Waals surface area contributed by atoms with Crippen LogP contribution >= 0.6 is 39.5 Å². The molecule has 4 rings (SSSR count). The second-order valence-corrected chi connectivity index (χ2v) is 10.8. The third-order valence-electron chi connectivity index (χ3n) is 4.74. The van der Waals surface area contributed by atoms with Crippen LogP contribution in [0.2, 0.25) is 0 Å². The molecule has 3 aromatic rings. The summed E-state index contributed by atoms with van der Waals surface area (Å²) in [7, 11) is 0. The SMILES string of the molecule is O=C(COc1ccc(C2SCCS2)cc1)N/N=C\c1ccc(OCc2ccccc2)c(Br)c1. The average Bonchev–Trinajstić information content (AvgIpc) is 3.38. The molecule has 1 N–H and O–H groups in total. The van der Waals surface area contributed by atoms with E-state index in [1.807, 2.05) is 84.2 Å². The molecule has 0 aromatic heterocycles. The van der Waals surface area contributed by atoms with Gasteiger partial charge in [0.25, 0.3) is 5.91 Å². The predicted molar refractivity (Wildman–Crippen MR) is 140 cm³/mol. The van der Waals surface area contributed by atoms with Crippen LogP contribution in [-0.4, -0.2) is 30.2 Å². The summed E-state index contributed by atoms with van der Waals surface area (Å²) in [5.41, 5.74) is 5.70. The molecule has 1 saturated heterocycles. The normalized spacial score (nSPS) is 13.8. The first-order valence-corrected chi connectivity index (χ1v) is 13.3. The van der Waals surface area contributed by atoms with Crippen molar-refractivity contribution in [2.75, 3.05) is 18.1 Å². The standard InChI is InChI=1S/C25H23BrN2O3S2/c26-22-14-19(6-11-23(22)31-16-18-4-2-1-3-5-18)15-27-28-24(29)17-30-21-9-7-20(8-10-21)25-32-12-13-33-25/h1-11,14-15,25H,12-13,16-17H2,(H,28,29)/b27-15-. The summed E-state index contributed by atoms with van der Waals surface area (Å²) in [6.07, 6.45) is 1.58. The fourth-order valence-corrected chi connectivity index (χ4v) is 6.45. The van der Waals surface area contributed by atoms with Crippen LogP contribution in [0, 0.1) is 0 Å². The molecule has 0 bridgehead atoms. The average molecular weight is 544 g/mol. The monoisotopic (exact) mass is 542 g/mol. The number of amides is 1. The van der Waals surface area contributed by atoms with E-state index >= 15 is 0 Å². The smallest absolute Gasteiger partial charge is 0.277 e. The molecule has 1 aliphatic rings. The Bertz CT molecular complexity index is 1090. The van der Waals surface area contributed by atoms with Gasteiger partial charge in [0.2, 0.25) is 0 Å². The van der Waals surface area contributed by atoms with Crippen molar-refractivity contribution in [3.63, 3.8) is 0 Å². The maximum absolute atomic E-state index is 12.0. The summed E-state index contributed by atoms with van der Waals surface area (Å²) in [6, 6.07) is 23.5. The summed E-state index contributed by atoms with van der Waals surface area (Å²) in [6.45, 7) is 0.393. The van der Waals surface area contributed by atoms with Crippen molar-refractivity contribution in [3.05, 3.63) is 94.0 Å². The Morgan fingerprint density at radius 3 is 2.52 bits per heavy atom. The van der Waals surface area contributed by atoms with Crippen LogP contribution in [0.25, 0.3) is 0 Å². The van der Waals surface area contributed by atoms with Gasteiger partial charge in [0.05, 0.1) is 15.3 Å². The Hall–Kier alpha value is -2.42. The predicted octanol–water partition coefficient (Wildman–Crippen LogP) is 6.04. The van der Waals surface area contributed by atoms with Crippen LogP contribution in [0.5, 0.6) is 11.5 Å². The van der Waals surface area contributed by atoms with Gasteiger partial charge < -0.3 is 9.47 Å². The number of hydrazone groups is 1. The maximum Gasteiger partial charge on any atom is 0.277 e. The number of ether oxygens (including phenoxy) is 2. The quantitative estimate of drug-likeness (QED) is 0.264. The highest BCUT2D eigenvalue weighted by Gasteiger charge is 2.18. The molecule has 1 aliphatic heterocycles. The van der Waals surface area contributed by atoms with Gasteiger partial charge in [0, 0.05) is 11.5 Å². The van der Waals surface area contributed by atoms with Crippen LogP contribution in [-0.2, 0) is 11.4 Å². The summed E-state index contributed by atoms with van der Waals surface area (Å²) in [4.78, 5) is 12.0. The fourth-order valence-electron chi connectivity index (χ4n) is 3.08. The van der Waals surface area contributed by atoms with Gasteiger partial charge >= 0.3 is 0 Å². The van der Waals surface area contributed by atoms with Gasteiger partial charge in [0.15, 0.2) is 6.61 Å². The summed E-state index contributed by atoms with van der Waals surface area (Å²) in [5.74, 6) is 3.47. The van der Waals surface area contributed by atoms with E-state index in [4.69, 9.17) is 9.47 Å². The van der Waals surface area contributed by atoms with Gasteiger partial charge in [-0.1, -0.05) is 42.5 Å². The number of hydrogen-bond donors (Lipinski definition) is 1. The molecule has 0 radical (unpaired) electrons. The van der Waals surface area contributed by atoms with E-state index in [9.17, 15) is 4.79 Å². The number of hydrogen-bond acceptors (Lipinski definition) is 6. The molecule has 0 aliphatic carbocycles. The van der Waals surface area contributed by atoms with Gasteiger partial charge in [-0.25, -0.2) is 5.43 Å². The molecule has 3 aromatic carbocycles. The molecule has 1 heterocycles. The van der Waals surface area contributed by atoms with E-state index in [1.54, 1.807) is 6.21 Å². The summed E-state index contributed by atoms with van der Waals surface area (Å²) >= 11 is 7.45.